The standard InChI is InChI=1S/C11H20N2O/c1-2-9-3-4-11(5-9)7-13(8-11)6-10(12)14/h9H,2-8H2,1H3,(H2,12,14). The van der Waals surface area contributed by atoms with Gasteiger partial charge in [0.2, 0.25) is 5.91 Å². The highest BCUT2D eigenvalue weighted by molar-refractivity contribution is 5.76. The van der Waals surface area contributed by atoms with E-state index in [1.807, 2.05) is 0 Å². The molecule has 1 saturated carbocycles. The molecule has 3 heteroatoms. The molecule has 2 rings (SSSR count). The van der Waals surface area contributed by atoms with Crippen LogP contribution in [0, 0.1) is 11.3 Å². The quantitative estimate of drug-likeness (QED) is 0.731. The molecule has 2 N–H and O–H groups in total. The van der Waals surface area contributed by atoms with Gasteiger partial charge in [0.05, 0.1) is 6.54 Å². The van der Waals surface area contributed by atoms with Gasteiger partial charge in [-0.15, -0.1) is 0 Å². The van der Waals surface area contributed by atoms with Gasteiger partial charge in [-0.05, 0) is 30.6 Å². The fourth-order valence-electron chi connectivity index (χ4n) is 3.20. The van der Waals surface area contributed by atoms with Crippen LogP contribution in [-0.4, -0.2) is 30.4 Å². The highest BCUT2D eigenvalue weighted by Gasteiger charge is 2.47. The van der Waals surface area contributed by atoms with Gasteiger partial charge in [0, 0.05) is 13.1 Å². The highest BCUT2D eigenvalue weighted by Crippen LogP contribution is 2.48. The first-order valence-corrected chi connectivity index (χ1v) is 5.64. The number of rotatable bonds is 3. The molecule has 14 heavy (non-hydrogen) atoms. The maximum absolute atomic E-state index is 10.7. The zero-order valence-corrected chi connectivity index (χ0v) is 8.96. The minimum atomic E-state index is -0.190. The molecule has 0 radical (unpaired) electrons. The van der Waals surface area contributed by atoms with Crippen LogP contribution >= 0.6 is 0 Å². The van der Waals surface area contributed by atoms with E-state index in [0.717, 1.165) is 19.0 Å². The molecule has 1 amide bonds. The van der Waals surface area contributed by atoms with Crippen molar-refractivity contribution in [1.29, 1.82) is 0 Å². The van der Waals surface area contributed by atoms with Crippen molar-refractivity contribution in [3.63, 3.8) is 0 Å². The van der Waals surface area contributed by atoms with E-state index in [0.29, 0.717) is 12.0 Å². The summed E-state index contributed by atoms with van der Waals surface area (Å²) in [6.45, 7) is 4.95. The van der Waals surface area contributed by atoms with E-state index >= 15 is 0 Å². The number of primary amides is 1. The summed E-state index contributed by atoms with van der Waals surface area (Å²) in [6.07, 6.45) is 5.44. The average Bonchev–Trinajstić information content (AvgIpc) is 2.47. The van der Waals surface area contributed by atoms with Crippen molar-refractivity contribution >= 4 is 5.91 Å². The lowest BCUT2D eigenvalue weighted by atomic mass is 9.77. The largest absolute Gasteiger partial charge is 0.369 e. The average molecular weight is 196 g/mol. The lowest BCUT2D eigenvalue weighted by molar-refractivity contribution is -0.122. The van der Waals surface area contributed by atoms with Crippen LogP contribution in [0.15, 0.2) is 0 Å². The monoisotopic (exact) mass is 196 g/mol. The molecule has 2 aliphatic rings. The summed E-state index contributed by atoms with van der Waals surface area (Å²) >= 11 is 0. The summed E-state index contributed by atoms with van der Waals surface area (Å²) in [6, 6.07) is 0. The Hall–Kier alpha value is -0.570. The number of amides is 1. The Morgan fingerprint density at radius 1 is 1.57 bits per heavy atom. The van der Waals surface area contributed by atoms with Gasteiger partial charge < -0.3 is 5.73 Å². The summed E-state index contributed by atoms with van der Waals surface area (Å²) in [5.74, 6) is 0.746. The third-order valence-corrected chi connectivity index (χ3v) is 3.88. The molecular weight excluding hydrogens is 176 g/mol. The number of nitrogens with two attached hydrogens (primary N) is 1. The number of carbonyl (C=O) groups is 1. The van der Waals surface area contributed by atoms with Crippen molar-refractivity contribution in [1.82, 2.24) is 4.90 Å². The van der Waals surface area contributed by atoms with E-state index in [4.69, 9.17) is 5.73 Å². The summed E-state index contributed by atoms with van der Waals surface area (Å²) in [4.78, 5) is 12.9. The summed E-state index contributed by atoms with van der Waals surface area (Å²) < 4.78 is 0. The Labute approximate surface area is 85.6 Å². The first kappa shape index (κ1) is 9.97. The van der Waals surface area contributed by atoms with Gasteiger partial charge in [0.1, 0.15) is 0 Å². The van der Waals surface area contributed by atoms with Crippen LogP contribution in [0.3, 0.4) is 0 Å². The maximum atomic E-state index is 10.7. The van der Waals surface area contributed by atoms with E-state index in [1.165, 1.54) is 25.7 Å². The fourth-order valence-corrected chi connectivity index (χ4v) is 3.20. The summed E-state index contributed by atoms with van der Waals surface area (Å²) in [7, 11) is 0. The Kier molecular flexibility index (Phi) is 2.52. The van der Waals surface area contributed by atoms with Gasteiger partial charge in [-0.3, -0.25) is 9.69 Å². The molecule has 3 nitrogen and oxygen atoms in total. The molecule has 1 aliphatic heterocycles. The summed E-state index contributed by atoms with van der Waals surface area (Å²) in [5.41, 5.74) is 5.73. The van der Waals surface area contributed by atoms with Crippen molar-refractivity contribution in [3.05, 3.63) is 0 Å². The molecule has 0 aromatic carbocycles. The Morgan fingerprint density at radius 2 is 2.29 bits per heavy atom. The van der Waals surface area contributed by atoms with Crippen LogP contribution < -0.4 is 5.73 Å². The van der Waals surface area contributed by atoms with Crippen molar-refractivity contribution in [2.45, 2.75) is 32.6 Å². The maximum Gasteiger partial charge on any atom is 0.231 e. The normalized spacial score (nSPS) is 30.5. The van der Waals surface area contributed by atoms with Crippen LogP contribution in [0.25, 0.3) is 0 Å². The van der Waals surface area contributed by atoms with Crippen LogP contribution in [0.5, 0.6) is 0 Å². The Bertz CT molecular complexity index is 233. The van der Waals surface area contributed by atoms with Crippen LogP contribution in [-0.2, 0) is 4.79 Å². The van der Waals surface area contributed by atoms with E-state index in [1.54, 1.807) is 0 Å². The third-order valence-electron chi connectivity index (χ3n) is 3.88. The second-order valence-electron chi connectivity index (χ2n) is 5.13. The van der Waals surface area contributed by atoms with Crippen molar-refractivity contribution < 1.29 is 4.79 Å². The predicted octanol–water partition coefficient (Wildman–Crippen LogP) is 0.984. The molecule has 80 valence electrons. The van der Waals surface area contributed by atoms with Crippen LogP contribution in [0.2, 0.25) is 0 Å². The van der Waals surface area contributed by atoms with Crippen molar-refractivity contribution in [3.8, 4) is 0 Å². The number of hydrogen-bond donors (Lipinski definition) is 1. The van der Waals surface area contributed by atoms with Crippen LogP contribution in [0.1, 0.15) is 32.6 Å². The van der Waals surface area contributed by atoms with Gasteiger partial charge in [0.25, 0.3) is 0 Å². The van der Waals surface area contributed by atoms with E-state index < -0.39 is 0 Å². The number of nitrogens with zero attached hydrogens (tertiary/aromatic N) is 1. The number of hydrogen-bond acceptors (Lipinski definition) is 2. The van der Waals surface area contributed by atoms with Gasteiger partial charge >= 0.3 is 0 Å². The van der Waals surface area contributed by atoms with E-state index in [-0.39, 0.29) is 5.91 Å². The molecule has 1 heterocycles. The lowest BCUT2D eigenvalue weighted by Gasteiger charge is -2.48. The highest BCUT2D eigenvalue weighted by atomic mass is 16.1. The Balaban J connectivity index is 1.79. The zero-order chi connectivity index (χ0) is 10.2. The first-order valence-electron chi connectivity index (χ1n) is 5.64. The topological polar surface area (TPSA) is 46.3 Å². The zero-order valence-electron chi connectivity index (χ0n) is 8.96. The second kappa shape index (κ2) is 3.54. The molecule has 1 saturated heterocycles. The van der Waals surface area contributed by atoms with Gasteiger partial charge in [-0.1, -0.05) is 13.3 Å². The van der Waals surface area contributed by atoms with E-state index in [9.17, 15) is 4.79 Å². The molecule has 0 bridgehead atoms. The second-order valence-corrected chi connectivity index (χ2v) is 5.13. The predicted molar refractivity (Wildman–Crippen MR) is 55.7 cm³/mol. The molecule has 2 fully saturated rings. The summed E-state index contributed by atoms with van der Waals surface area (Å²) in [5, 5.41) is 0. The molecule has 1 aliphatic carbocycles. The van der Waals surface area contributed by atoms with Gasteiger partial charge in [-0.25, -0.2) is 0 Å². The van der Waals surface area contributed by atoms with Crippen molar-refractivity contribution in [2.24, 2.45) is 17.1 Å². The molecule has 0 aromatic rings. The molecule has 1 atom stereocenters. The third kappa shape index (κ3) is 1.78. The molecule has 0 aromatic heterocycles. The fraction of sp³-hybridized carbons (Fsp3) is 0.909. The smallest absolute Gasteiger partial charge is 0.231 e. The first-order chi connectivity index (χ1) is 6.63. The molecule has 1 spiro atoms. The number of carbonyl (C=O) groups excluding carboxylic acids is 1. The SMILES string of the molecule is CCC1CCC2(C1)CN(CC(N)=O)C2. The van der Waals surface area contributed by atoms with Crippen molar-refractivity contribution in [2.75, 3.05) is 19.6 Å². The molecular formula is C11H20N2O. The minimum Gasteiger partial charge on any atom is -0.369 e. The van der Waals surface area contributed by atoms with Crippen LogP contribution in [0.4, 0.5) is 0 Å². The molecule has 1 unspecified atom stereocenters. The number of likely N-dealkylation sites (tertiary alicyclic amines) is 1. The van der Waals surface area contributed by atoms with E-state index in [2.05, 4.69) is 11.8 Å². The Morgan fingerprint density at radius 3 is 2.79 bits per heavy atom. The lowest BCUT2D eigenvalue weighted by Crippen LogP contribution is -2.57. The minimum absolute atomic E-state index is 0.190. The van der Waals surface area contributed by atoms with Gasteiger partial charge in [0.15, 0.2) is 0 Å². The van der Waals surface area contributed by atoms with Gasteiger partial charge in [-0.2, -0.15) is 0 Å².